The van der Waals surface area contributed by atoms with Crippen molar-refractivity contribution in [2.45, 2.75) is 20.5 Å². The van der Waals surface area contributed by atoms with Gasteiger partial charge in [0.15, 0.2) is 0 Å². The van der Waals surface area contributed by atoms with E-state index >= 15 is 0 Å². The Morgan fingerprint density at radius 3 is 2.32 bits per heavy atom. The molecule has 0 spiro atoms. The van der Waals surface area contributed by atoms with Crippen LogP contribution in [0.1, 0.15) is 27.4 Å². The maximum absolute atomic E-state index is 12.6. The molecule has 1 aromatic carbocycles. The Kier molecular flexibility index (Phi) is 5.02. The monoisotopic (exact) mass is 343 g/mol. The Morgan fingerprint density at radius 1 is 1.08 bits per heavy atom. The van der Waals surface area contributed by atoms with Crippen LogP contribution in [0.4, 0.5) is 4.79 Å². The molecule has 7 nitrogen and oxygen atoms in total. The number of benzene rings is 1. The average molecular weight is 343 g/mol. The summed E-state index contributed by atoms with van der Waals surface area (Å²) in [5, 5.41) is 3.82. The van der Waals surface area contributed by atoms with Crippen LogP contribution in [0.5, 0.6) is 0 Å². The van der Waals surface area contributed by atoms with E-state index in [0.29, 0.717) is 43.2 Å². The van der Waals surface area contributed by atoms with Crippen molar-refractivity contribution in [1.82, 2.24) is 15.0 Å². The Balaban J connectivity index is 1.51. The smallest absolute Gasteiger partial charge is 0.410 e. The summed E-state index contributed by atoms with van der Waals surface area (Å²) in [5.74, 6) is 0.417. The predicted molar refractivity (Wildman–Crippen MR) is 90.1 cm³/mol. The number of amides is 2. The van der Waals surface area contributed by atoms with Gasteiger partial charge >= 0.3 is 6.09 Å². The third kappa shape index (κ3) is 3.81. The molecule has 1 aliphatic rings. The summed E-state index contributed by atoms with van der Waals surface area (Å²) < 4.78 is 10.4. The van der Waals surface area contributed by atoms with Gasteiger partial charge in [0.05, 0.1) is 5.69 Å². The van der Waals surface area contributed by atoms with Crippen LogP contribution in [0.25, 0.3) is 0 Å². The van der Waals surface area contributed by atoms with Gasteiger partial charge in [0.1, 0.15) is 17.9 Å². The Morgan fingerprint density at radius 2 is 1.72 bits per heavy atom. The number of nitrogens with zero attached hydrogens (tertiary/aromatic N) is 3. The number of rotatable bonds is 3. The Hall–Kier alpha value is -2.83. The molecule has 7 heteroatoms. The molecule has 0 radical (unpaired) electrons. The molecule has 3 rings (SSSR count). The van der Waals surface area contributed by atoms with Crippen LogP contribution >= 0.6 is 0 Å². The van der Waals surface area contributed by atoms with Gasteiger partial charge in [-0.15, -0.1) is 0 Å². The molecule has 0 N–H and O–H groups in total. The van der Waals surface area contributed by atoms with E-state index in [2.05, 4.69) is 5.16 Å². The van der Waals surface area contributed by atoms with Gasteiger partial charge in [-0.3, -0.25) is 4.79 Å². The number of hydrogen-bond donors (Lipinski definition) is 0. The summed E-state index contributed by atoms with van der Waals surface area (Å²) >= 11 is 0. The molecule has 1 aromatic heterocycles. The van der Waals surface area contributed by atoms with Crippen molar-refractivity contribution in [3.8, 4) is 0 Å². The lowest BCUT2D eigenvalue weighted by atomic mass is 10.1. The van der Waals surface area contributed by atoms with Crippen LogP contribution in [-0.4, -0.2) is 53.1 Å². The number of ether oxygens (including phenoxy) is 1. The van der Waals surface area contributed by atoms with E-state index < -0.39 is 0 Å². The first-order chi connectivity index (χ1) is 12.1. The standard InChI is InChI=1S/C18H21N3O4/c1-13-16(14(2)25-19-13)17(22)20-8-10-21(11-9-20)18(23)24-12-15-6-4-3-5-7-15/h3-7H,8-12H2,1-2H3. The van der Waals surface area contributed by atoms with Crippen molar-refractivity contribution in [2.75, 3.05) is 26.2 Å². The minimum absolute atomic E-state index is 0.103. The topological polar surface area (TPSA) is 75.9 Å². The highest BCUT2D eigenvalue weighted by Gasteiger charge is 2.28. The van der Waals surface area contributed by atoms with E-state index in [9.17, 15) is 9.59 Å². The quantitative estimate of drug-likeness (QED) is 0.855. The molecule has 132 valence electrons. The van der Waals surface area contributed by atoms with Crippen LogP contribution < -0.4 is 0 Å². The van der Waals surface area contributed by atoms with Crippen LogP contribution in [-0.2, 0) is 11.3 Å². The maximum atomic E-state index is 12.6. The van der Waals surface area contributed by atoms with E-state index in [0.717, 1.165) is 5.56 Å². The molecule has 0 bridgehead atoms. The second kappa shape index (κ2) is 7.38. The van der Waals surface area contributed by atoms with E-state index in [-0.39, 0.29) is 18.6 Å². The lowest BCUT2D eigenvalue weighted by molar-refractivity contribution is 0.0542. The van der Waals surface area contributed by atoms with E-state index in [1.54, 1.807) is 23.6 Å². The molecular weight excluding hydrogens is 322 g/mol. The summed E-state index contributed by atoms with van der Waals surface area (Å²) in [5.41, 5.74) is 2.05. The largest absolute Gasteiger partial charge is 0.445 e. The van der Waals surface area contributed by atoms with Gasteiger partial charge in [0, 0.05) is 26.2 Å². The predicted octanol–water partition coefficient (Wildman–Crippen LogP) is 2.39. The molecule has 1 saturated heterocycles. The molecule has 1 aliphatic heterocycles. The number of hydrogen-bond acceptors (Lipinski definition) is 5. The molecule has 2 aromatic rings. The molecule has 0 aliphatic carbocycles. The molecule has 0 atom stereocenters. The fraction of sp³-hybridized carbons (Fsp3) is 0.389. The van der Waals surface area contributed by atoms with Crippen molar-refractivity contribution in [3.63, 3.8) is 0 Å². The van der Waals surface area contributed by atoms with Crippen molar-refractivity contribution in [2.24, 2.45) is 0 Å². The molecule has 25 heavy (non-hydrogen) atoms. The fourth-order valence-electron chi connectivity index (χ4n) is 2.85. The number of carbonyl (C=O) groups is 2. The highest BCUT2D eigenvalue weighted by molar-refractivity contribution is 5.96. The first-order valence-corrected chi connectivity index (χ1v) is 8.24. The van der Waals surface area contributed by atoms with Gasteiger partial charge in [-0.2, -0.15) is 0 Å². The number of aryl methyl sites for hydroxylation is 2. The van der Waals surface area contributed by atoms with Crippen LogP contribution in [0.2, 0.25) is 0 Å². The zero-order valence-electron chi connectivity index (χ0n) is 14.4. The molecule has 0 saturated carbocycles. The van der Waals surface area contributed by atoms with Gasteiger partial charge in [-0.1, -0.05) is 35.5 Å². The maximum Gasteiger partial charge on any atom is 0.410 e. The fourth-order valence-corrected chi connectivity index (χ4v) is 2.85. The summed E-state index contributed by atoms with van der Waals surface area (Å²) in [6, 6.07) is 9.55. The summed E-state index contributed by atoms with van der Waals surface area (Å²) in [6.45, 7) is 5.54. The lowest BCUT2D eigenvalue weighted by Crippen LogP contribution is -2.50. The number of piperazine rings is 1. The zero-order valence-corrected chi connectivity index (χ0v) is 14.4. The summed E-state index contributed by atoms with van der Waals surface area (Å²) in [7, 11) is 0. The zero-order chi connectivity index (χ0) is 17.8. The van der Waals surface area contributed by atoms with Gasteiger partial charge in [0.2, 0.25) is 0 Å². The molecule has 1 fully saturated rings. The minimum atomic E-state index is -0.353. The highest BCUT2D eigenvalue weighted by Crippen LogP contribution is 2.16. The molecule has 2 heterocycles. The number of carbonyl (C=O) groups excluding carboxylic acids is 2. The van der Waals surface area contributed by atoms with Gasteiger partial charge < -0.3 is 19.1 Å². The first kappa shape index (κ1) is 17.0. The molecule has 0 unspecified atom stereocenters. The van der Waals surface area contributed by atoms with Crippen molar-refractivity contribution < 1.29 is 18.8 Å². The van der Waals surface area contributed by atoms with Crippen LogP contribution in [0.15, 0.2) is 34.9 Å². The Labute approximate surface area is 146 Å². The second-order valence-corrected chi connectivity index (χ2v) is 6.02. The molecule has 2 amide bonds. The van der Waals surface area contributed by atoms with Crippen molar-refractivity contribution in [3.05, 3.63) is 52.9 Å². The van der Waals surface area contributed by atoms with E-state index in [1.165, 1.54) is 0 Å². The van der Waals surface area contributed by atoms with Crippen molar-refractivity contribution in [1.29, 1.82) is 0 Å². The van der Waals surface area contributed by atoms with Gasteiger partial charge in [-0.05, 0) is 19.4 Å². The lowest BCUT2D eigenvalue weighted by Gasteiger charge is -2.34. The average Bonchev–Trinajstić information content (AvgIpc) is 2.98. The van der Waals surface area contributed by atoms with E-state index in [1.807, 2.05) is 30.3 Å². The SMILES string of the molecule is Cc1noc(C)c1C(=O)N1CCN(C(=O)OCc2ccccc2)CC1. The van der Waals surface area contributed by atoms with Gasteiger partial charge in [0.25, 0.3) is 5.91 Å². The number of aromatic nitrogens is 1. The van der Waals surface area contributed by atoms with E-state index in [4.69, 9.17) is 9.26 Å². The second-order valence-electron chi connectivity index (χ2n) is 6.02. The first-order valence-electron chi connectivity index (χ1n) is 8.24. The molecular formula is C18H21N3O4. The third-order valence-corrected chi connectivity index (χ3v) is 4.28. The summed E-state index contributed by atoms with van der Waals surface area (Å²) in [4.78, 5) is 28.1. The van der Waals surface area contributed by atoms with Crippen molar-refractivity contribution >= 4 is 12.0 Å². The van der Waals surface area contributed by atoms with Gasteiger partial charge in [-0.25, -0.2) is 4.79 Å². The third-order valence-electron chi connectivity index (χ3n) is 4.28. The van der Waals surface area contributed by atoms with Crippen LogP contribution in [0.3, 0.4) is 0 Å². The summed E-state index contributed by atoms with van der Waals surface area (Å²) in [6.07, 6.45) is -0.353. The van der Waals surface area contributed by atoms with Crippen LogP contribution in [0, 0.1) is 13.8 Å². The highest BCUT2D eigenvalue weighted by atomic mass is 16.6. The normalized spacial score (nSPS) is 14.5. The Bertz CT molecular complexity index is 729. The minimum Gasteiger partial charge on any atom is -0.445 e.